The zero-order valence-corrected chi connectivity index (χ0v) is 12.9. The Morgan fingerprint density at radius 3 is 2.29 bits per heavy atom. The van der Waals surface area contributed by atoms with Gasteiger partial charge in [-0.25, -0.2) is 9.18 Å². The van der Waals surface area contributed by atoms with Gasteiger partial charge in [0.05, 0.1) is 7.11 Å². The van der Waals surface area contributed by atoms with E-state index in [0.29, 0.717) is 12.1 Å². The average molecular weight is 295 g/mol. The summed E-state index contributed by atoms with van der Waals surface area (Å²) < 4.78 is 17.6. The van der Waals surface area contributed by atoms with Crippen molar-refractivity contribution in [1.82, 2.24) is 0 Å². The third-order valence-electron chi connectivity index (χ3n) is 3.17. The number of methoxy groups -OCH3 is 1. The van der Waals surface area contributed by atoms with Crippen molar-refractivity contribution in [3.8, 4) is 0 Å². The van der Waals surface area contributed by atoms with Gasteiger partial charge in [0.1, 0.15) is 17.6 Å². The fourth-order valence-electron chi connectivity index (χ4n) is 1.79. The van der Waals surface area contributed by atoms with Crippen molar-refractivity contribution in [2.24, 2.45) is 5.41 Å². The van der Waals surface area contributed by atoms with Crippen molar-refractivity contribution in [3.63, 3.8) is 0 Å². The maximum absolute atomic E-state index is 12.9. The first kappa shape index (κ1) is 17.1. The lowest BCUT2D eigenvalue weighted by atomic mass is 9.87. The number of Topliss-reactive ketones (excluding diaryl/α,β-unsaturated/α-hetero) is 1. The molecular weight excluding hydrogens is 273 g/mol. The van der Waals surface area contributed by atoms with Crippen LogP contribution in [0.4, 0.5) is 10.1 Å². The van der Waals surface area contributed by atoms with E-state index >= 15 is 0 Å². The summed E-state index contributed by atoms with van der Waals surface area (Å²) in [4.78, 5) is 23.7. The monoisotopic (exact) mass is 295 g/mol. The summed E-state index contributed by atoms with van der Waals surface area (Å²) in [7, 11) is 1.30. The molecule has 1 atom stereocenters. The molecule has 1 N–H and O–H groups in total. The minimum absolute atomic E-state index is 0.0808. The Labute approximate surface area is 124 Å². The number of hydrogen-bond donors (Lipinski definition) is 1. The summed E-state index contributed by atoms with van der Waals surface area (Å²) in [6, 6.07) is 5.05. The lowest BCUT2D eigenvalue weighted by Gasteiger charge is -2.20. The summed E-state index contributed by atoms with van der Waals surface area (Å²) in [6.07, 6.45) is 0.609. The first-order valence-corrected chi connectivity index (χ1v) is 6.87. The van der Waals surface area contributed by atoms with Gasteiger partial charge >= 0.3 is 5.97 Å². The van der Waals surface area contributed by atoms with Gasteiger partial charge in [0.2, 0.25) is 0 Å². The molecule has 0 bridgehead atoms. The Hall–Kier alpha value is -1.91. The number of benzene rings is 1. The first-order chi connectivity index (χ1) is 9.74. The molecule has 0 radical (unpaired) electrons. The predicted molar refractivity (Wildman–Crippen MR) is 79.5 cm³/mol. The van der Waals surface area contributed by atoms with Crippen LogP contribution >= 0.6 is 0 Å². The Balaban J connectivity index is 2.70. The maximum atomic E-state index is 12.9. The van der Waals surface area contributed by atoms with Gasteiger partial charge in [-0.1, -0.05) is 20.8 Å². The van der Waals surface area contributed by atoms with E-state index in [1.54, 1.807) is 0 Å². The van der Waals surface area contributed by atoms with E-state index in [-0.39, 0.29) is 18.0 Å². The molecule has 21 heavy (non-hydrogen) atoms. The van der Waals surface area contributed by atoms with Crippen molar-refractivity contribution >= 4 is 17.4 Å². The normalized spacial score (nSPS) is 12.6. The van der Waals surface area contributed by atoms with E-state index < -0.39 is 17.4 Å². The highest BCUT2D eigenvalue weighted by Crippen LogP contribution is 2.20. The smallest absolute Gasteiger partial charge is 0.328 e. The van der Waals surface area contributed by atoms with Crippen LogP contribution in [0, 0.1) is 11.2 Å². The van der Waals surface area contributed by atoms with E-state index in [4.69, 9.17) is 4.74 Å². The van der Waals surface area contributed by atoms with Crippen LogP contribution in [0.15, 0.2) is 24.3 Å². The van der Waals surface area contributed by atoms with Crippen molar-refractivity contribution in [2.45, 2.75) is 39.7 Å². The van der Waals surface area contributed by atoms with E-state index in [0.717, 1.165) is 0 Å². The number of nitrogens with one attached hydrogen (secondary N) is 1. The van der Waals surface area contributed by atoms with Gasteiger partial charge in [-0.2, -0.15) is 0 Å². The van der Waals surface area contributed by atoms with Crippen LogP contribution < -0.4 is 5.32 Å². The molecule has 0 fully saturated rings. The standard InChI is InChI=1S/C16H22FNO3/c1-16(2,3)14(19)10-9-13(15(20)21-4)18-12-7-5-11(17)6-8-12/h5-8,13,18H,9-10H2,1-4H3/t13-/m0/s1. The zero-order valence-electron chi connectivity index (χ0n) is 12.9. The number of ether oxygens (including phenoxy) is 1. The molecule has 116 valence electrons. The molecule has 4 nitrogen and oxygen atoms in total. The predicted octanol–water partition coefficient (Wildman–Crippen LogP) is 3.17. The number of carbonyl (C=O) groups is 2. The number of ketones is 1. The molecule has 0 saturated carbocycles. The summed E-state index contributed by atoms with van der Waals surface area (Å²) in [6.45, 7) is 5.53. The third kappa shape index (κ3) is 5.53. The highest BCUT2D eigenvalue weighted by atomic mass is 19.1. The van der Waals surface area contributed by atoms with Gasteiger partial charge in [0.25, 0.3) is 0 Å². The number of halogens is 1. The molecule has 1 rings (SSSR count). The zero-order chi connectivity index (χ0) is 16.0. The fraction of sp³-hybridized carbons (Fsp3) is 0.500. The fourth-order valence-corrected chi connectivity index (χ4v) is 1.79. The van der Waals surface area contributed by atoms with Gasteiger partial charge in [0, 0.05) is 17.5 Å². The quantitative estimate of drug-likeness (QED) is 0.819. The summed E-state index contributed by atoms with van der Waals surface area (Å²) in [5.74, 6) is -0.712. The van der Waals surface area contributed by atoms with Crippen LogP contribution in [0.25, 0.3) is 0 Å². The Bertz CT molecular complexity index is 491. The van der Waals surface area contributed by atoms with Gasteiger partial charge in [-0.3, -0.25) is 4.79 Å². The topological polar surface area (TPSA) is 55.4 Å². The molecule has 0 amide bonds. The van der Waals surface area contributed by atoms with Crippen LogP contribution in [0.1, 0.15) is 33.6 Å². The second-order valence-corrected chi connectivity index (χ2v) is 5.94. The summed E-state index contributed by atoms with van der Waals surface area (Å²) >= 11 is 0. The summed E-state index contributed by atoms with van der Waals surface area (Å²) in [5, 5.41) is 2.97. The third-order valence-corrected chi connectivity index (χ3v) is 3.17. The molecule has 0 spiro atoms. The van der Waals surface area contributed by atoms with Crippen molar-refractivity contribution < 1.29 is 18.7 Å². The number of carbonyl (C=O) groups excluding carboxylic acids is 2. The van der Waals surface area contributed by atoms with Crippen molar-refractivity contribution in [1.29, 1.82) is 0 Å². The van der Waals surface area contributed by atoms with Crippen LogP contribution in [-0.2, 0) is 14.3 Å². The second kappa shape index (κ2) is 7.20. The Morgan fingerprint density at radius 1 is 1.24 bits per heavy atom. The van der Waals surface area contributed by atoms with E-state index in [9.17, 15) is 14.0 Å². The molecule has 0 aliphatic heterocycles. The lowest BCUT2D eigenvalue weighted by molar-refractivity contribution is -0.141. The first-order valence-electron chi connectivity index (χ1n) is 6.87. The van der Waals surface area contributed by atoms with Crippen LogP contribution in [0.2, 0.25) is 0 Å². The van der Waals surface area contributed by atoms with Gasteiger partial charge in [-0.15, -0.1) is 0 Å². The molecule has 0 saturated heterocycles. The molecule has 1 aromatic rings. The van der Waals surface area contributed by atoms with Crippen LogP contribution in [0.5, 0.6) is 0 Å². The summed E-state index contributed by atoms with van der Waals surface area (Å²) in [5.41, 5.74) is 0.173. The molecular formula is C16H22FNO3. The number of rotatable bonds is 6. The molecule has 0 aromatic heterocycles. The number of esters is 1. The molecule has 5 heteroatoms. The SMILES string of the molecule is COC(=O)[C@H](CCC(=O)C(C)(C)C)Nc1ccc(F)cc1. The molecule has 1 aromatic carbocycles. The van der Waals surface area contributed by atoms with E-state index in [1.165, 1.54) is 31.4 Å². The average Bonchev–Trinajstić information content (AvgIpc) is 2.43. The molecule has 0 unspecified atom stereocenters. The number of anilines is 1. The minimum atomic E-state index is -0.633. The Kier molecular flexibility index (Phi) is 5.88. The number of hydrogen-bond acceptors (Lipinski definition) is 4. The molecule has 0 aliphatic rings. The Morgan fingerprint density at radius 2 is 1.81 bits per heavy atom. The maximum Gasteiger partial charge on any atom is 0.328 e. The van der Waals surface area contributed by atoms with Gasteiger partial charge in [0.15, 0.2) is 0 Å². The molecule has 0 aliphatic carbocycles. The van der Waals surface area contributed by atoms with Crippen molar-refractivity contribution in [2.75, 3.05) is 12.4 Å². The van der Waals surface area contributed by atoms with Gasteiger partial charge in [-0.05, 0) is 30.7 Å². The lowest BCUT2D eigenvalue weighted by Crippen LogP contribution is -2.32. The van der Waals surface area contributed by atoms with Crippen LogP contribution in [-0.4, -0.2) is 24.9 Å². The van der Waals surface area contributed by atoms with E-state index in [2.05, 4.69) is 5.32 Å². The molecule has 0 heterocycles. The highest BCUT2D eigenvalue weighted by Gasteiger charge is 2.25. The van der Waals surface area contributed by atoms with Gasteiger partial charge < -0.3 is 10.1 Å². The second-order valence-electron chi connectivity index (χ2n) is 5.94. The van der Waals surface area contributed by atoms with Crippen molar-refractivity contribution in [3.05, 3.63) is 30.1 Å². The highest BCUT2D eigenvalue weighted by molar-refractivity contribution is 5.85. The minimum Gasteiger partial charge on any atom is -0.467 e. The van der Waals surface area contributed by atoms with Crippen LogP contribution in [0.3, 0.4) is 0 Å². The van der Waals surface area contributed by atoms with E-state index in [1.807, 2.05) is 20.8 Å². The largest absolute Gasteiger partial charge is 0.467 e.